The van der Waals surface area contributed by atoms with E-state index < -0.39 is 6.09 Å². The Labute approximate surface area is 177 Å². The van der Waals surface area contributed by atoms with Gasteiger partial charge in [-0.05, 0) is 40.0 Å². The van der Waals surface area contributed by atoms with E-state index in [1.807, 2.05) is 60.8 Å². The molecule has 0 fully saturated rings. The number of carbonyl (C=O) groups excluding carboxylic acids is 2. The summed E-state index contributed by atoms with van der Waals surface area (Å²) in [5.41, 5.74) is 2.36. The second-order valence-corrected chi connectivity index (χ2v) is 7.18. The summed E-state index contributed by atoms with van der Waals surface area (Å²) in [7, 11) is 0. The van der Waals surface area contributed by atoms with Crippen LogP contribution in [-0.2, 0) is 16.1 Å². The smallest absolute Gasteiger partial charge is 0.407 e. The van der Waals surface area contributed by atoms with E-state index in [9.17, 15) is 9.59 Å². The van der Waals surface area contributed by atoms with E-state index >= 15 is 0 Å². The van der Waals surface area contributed by atoms with Crippen molar-refractivity contribution in [2.45, 2.75) is 19.4 Å². The van der Waals surface area contributed by atoms with Gasteiger partial charge in [0.15, 0.2) is 0 Å². The molecular weight excluding hydrogens is 436 g/mol. The Hall–Kier alpha value is -3.13. The van der Waals surface area contributed by atoms with Crippen molar-refractivity contribution in [3.63, 3.8) is 0 Å². The lowest BCUT2D eigenvalue weighted by Crippen LogP contribution is -2.26. The Morgan fingerprint density at radius 2 is 1.83 bits per heavy atom. The number of amides is 2. The molecule has 0 radical (unpaired) electrons. The number of carbonyl (C=O) groups is 2. The predicted molar refractivity (Wildman–Crippen MR) is 114 cm³/mol. The van der Waals surface area contributed by atoms with Gasteiger partial charge in [-0.3, -0.25) is 4.79 Å². The first-order chi connectivity index (χ1) is 14.1. The first kappa shape index (κ1) is 20.6. The number of nitrogens with one attached hydrogen (secondary N) is 2. The van der Waals surface area contributed by atoms with Crippen LogP contribution in [0, 0.1) is 0 Å². The van der Waals surface area contributed by atoms with Crippen molar-refractivity contribution in [2.24, 2.45) is 0 Å². The van der Waals surface area contributed by atoms with Crippen molar-refractivity contribution in [2.75, 3.05) is 11.9 Å². The monoisotopic (exact) mass is 456 g/mol. The Balaban J connectivity index is 1.40. The predicted octanol–water partition coefficient (Wildman–Crippen LogP) is 4.28. The summed E-state index contributed by atoms with van der Waals surface area (Å²) in [6.45, 7) is 0.572. The zero-order chi connectivity index (χ0) is 20.5. The lowest BCUT2D eigenvalue weighted by atomic mass is 10.2. The molecule has 0 spiro atoms. The van der Waals surface area contributed by atoms with E-state index in [4.69, 9.17) is 4.74 Å². The number of nitrogens with zero attached hydrogens (tertiary/aromatic N) is 2. The van der Waals surface area contributed by atoms with E-state index in [0.717, 1.165) is 15.7 Å². The number of anilines is 1. The van der Waals surface area contributed by atoms with Crippen LogP contribution in [0.25, 0.3) is 5.69 Å². The lowest BCUT2D eigenvalue weighted by Gasteiger charge is -2.11. The molecule has 29 heavy (non-hydrogen) atoms. The SMILES string of the molecule is O=C(CCCNC(=O)OCc1ccccc1)Nc1ccccc1-n1cc(Br)cn1. The molecule has 150 valence electrons. The van der Waals surface area contributed by atoms with E-state index in [2.05, 4.69) is 31.7 Å². The van der Waals surface area contributed by atoms with Gasteiger partial charge in [-0.15, -0.1) is 0 Å². The molecule has 0 aliphatic heterocycles. The Kier molecular flexibility index (Phi) is 7.40. The highest BCUT2D eigenvalue weighted by Gasteiger charge is 2.09. The normalized spacial score (nSPS) is 10.4. The highest BCUT2D eigenvalue weighted by molar-refractivity contribution is 9.10. The number of ether oxygens (including phenoxy) is 1. The van der Waals surface area contributed by atoms with Crippen LogP contribution in [0.5, 0.6) is 0 Å². The van der Waals surface area contributed by atoms with E-state index in [0.29, 0.717) is 18.7 Å². The van der Waals surface area contributed by atoms with Gasteiger partial charge in [-0.2, -0.15) is 5.10 Å². The second-order valence-electron chi connectivity index (χ2n) is 6.26. The van der Waals surface area contributed by atoms with Crippen molar-refractivity contribution >= 4 is 33.6 Å². The van der Waals surface area contributed by atoms with Crippen LogP contribution >= 0.6 is 15.9 Å². The number of aromatic nitrogens is 2. The largest absolute Gasteiger partial charge is 0.445 e. The average molecular weight is 457 g/mol. The molecule has 2 amide bonds. The first-order valence-electron chi connectivity index (χ1n) is 9.16. The number of halogens is 1. The van der Waals surface area contributed by atoms with E-state index in [-0.39, 0.29) is 18.9 Å². The number of hydrogen-bond acceptors (Lipinski definition) is 4. The van der Waals surface area contributed by atoms with Crippen molar-refractivity contribution in [1.82, 2.24) is 15.1 Å². The van der Waals surface area contributed by atoms with Crippen molar-refractivity contribution in [3.8, 4) is 5.69 Å². The summed E-state index contributed by atoms with van der Waals surface area (Å²) in [6.07, 6.45) is 3.78. The highest BCUT2D eigenvalue weighted by Crippen LogP contribution is 2.21. The molecule has 0 bridgehead atoms. The summed E-state index contributed by atoms with van der Waals surface area (Å²) in [5, 5.41) is 9.79. The molecule has 0 saturated carbocycles. The van der Waals surface area contributed by atoms with Crippen LogP contribution in [0.3, 0.4) is 0 Å². The average Bonchev–Trinajstić information content (AvgIpc) is 3.17. The van der Waals surface area contributed by atoms with Crippen LogP contribution < -0.4 is 10.6 Å². The van der Waals surface area contributed by atoms with Gasteiger partial charge in [0, 0.05) is 19.2 Å². The van der Waals surface area contributed by atoms with Crippen LogP contribution in [0.1, 0.15) is 18.4 Å². The standard InChI is InChI=1S/C21H21BrN4O3/c22-17-13-24-26(14-17)19-10-5-4-9-18(19)25-20(27)11-6-12-23-21(28)29-15-16-7-2-1-3-8-16/h1-5,7-10,13-14H,6,11-12,15H2,(H,23,28)(H,25,27). The van der Waals surface area contributed by atoms with Crippen LogP contribution in [-0.4, -0.2) is 28.3 Å². The molecule has 2 N–H and O–H groups in total. The summed E-state index contributed by atoms with van der Waals surface area (Å²) in [5.74, 6) is -0.136. The fraction of sp³-hybridized carbons (Fsp3) is 0.190. The third-order valence-corrected chi connectivity index (χ3v) is 4.45. The van der Waals surface area contributed by atoms with Crippen LogP contribution in [0.2, 0.25) is 0 Å². The summed E-state index contributed by atoms with van der Waals surface area (Å²) < 4.78 is 7.67. The Bertz CT molecular complexity index is 959. The first-order valence-corrected chi connectivity index (χ1v) is 9.95. The van der Waals surface area contributed by atoms with Gasteiger partial charge >= 0.3 is 6.09 Å². The van der Waals surface area contributed by atoms with Crippen molar-refractivity contribution in [3.05, 3.63) is 77.0 Å². The zero-order valence-corrected chi connectivity index (χ0v) is 17.3. The second kappa shape index (κ2) is 10.4. The molecule has 0 unspecified atom stereocenters. The Morgan fingerprint density at radius 1 is 1.07 bits per heavy atom. The summed E-state index contributed by atoms with van der Waals surface area (Å²) in [6, 6.07) is 16.9. The molecule has 8 heteroatoms. The topological polar surface area (TPSA) is 85.3 Å². The zero-order valence-electron chi connectivity index (χ0n) is 15.7. The molecule has 1 heterocycles. The number of hydrogen-bond donors (Lipinski definition) is 2. The molecule has 0 saturated heterocycles. The van der Waals surface area contributed by atoms with Gasteiger partial charge in [0.05, 0.1) is 22.0 Å². The quantitative estimate of drug-likeness (QED) is 0.495. The fourth-order valence-corrected chi connectivity index (χ4v) is 2.92. The maximum Gasteiger partial charge on any atom is 0.407 e. The molecule has 0 aliphatic rings. The number of rotatable bonds is 8. The molecule has 7 nitrogen and oxygen atoms in total. The van der Waals surface area contributed by atoms with Crippen LogP contribution in [0.15, 0.2) is 71.5 Å². The third-order valence-electron chi connectivity index (χ3n) is 4.04. The maximum absolute atomic E-state index is 12.3. The third kappa shape index (κ3) is 6.46. The van der Waals surface area contributed by atoms with E-state index in [1.54, 1.807) is 10.9 Å². The lowest BCUT2D eigenvalue weighted by molar-refractivity contribution is -0.116. The van der Waals surface area contributed by atoms with E-state index in [1.165, 1.54) is 0 Å². The Morgan fingerprint density at radius 3 is 2.59 bits per heavy atom. The minimum absolute atomic E-state index is 0.136. The van der Waals surface area contributed by atoms with Crippen molar-refractivity contribution < 1.29 is 14.3 Å². The molecule has 3 rings (SSSR count). The fourth-order valence-electron chi connectivity index (χ4n) is 2.64. The number of benzene rings is 2. The van der Waals surface area contributed by atoms with Gasteiger partial charge < -0.3 is 15.4 Å². The molecule has 1 aromatic heterocycles. The molecule has 3 aromatic rings. The summed E-state index contributed by atoms with van der Waals surface area (Å²) in [4.78, 5) is 24.0. The summed E-state index contributed by atoms with van der Waals surface area (Å²) >= 11 is 3.37. The van der Waals surface area contributed by atoms with Gasteiger partial charge in [0.25, 0.3) is 0 Å². The minimum Gasteiger partial charge on any atom is -0.445 e. The van der Waals surface area contributed by atoms with Gasteiger partial charge in [0.1, 0.15) is 6.61 Å². The maximum atomic E-state index is 12.3. The van der Waals surface area contributed by atoms with Crippen molar-refractivity contribution in [1.29, 1.82) is 0 Å². The highest BCUT2D eigenvalue weighted by atomic mass is 79.9. The number of para-hydroxylation sites is 2. The molecular formula is C21H21BrN4O3. The van der Waals surface area contributed by atoms with Gasteiger partial charge in [0.2, 0.25) is 5.91 Å². The van der Waals surface area contributed by atoms with Crippen LogP contribution in [0.4, 0.5) is 10.5 Å². The molecule has 0 aliphatic carbocycles. The van der Waals surface area contributed by atoms with Gasteiger partial charge in [-0.25, -0.2) is 9.48 Å². The molecule has 0 atom stereocenters. The minimum atomic E-state index is -0.496. The molecule has 2 aromatic carbocycles. The number of alkyl carbamates (subject to hydrolysis) is 1. The van der Waals surface area contributed by atoms with Gasteiger partial charge in [-0.1, -0.05) is 42.5 Å².